The minimum absolute atomic E-state index is 0.263. The van der Waals surface area contributed by atoms with Crippen molar-refractivity contribution in [3.8, 4) is 0 Å². The summed E-state index contributed by atoms with van der Waals surface area (Å²) in [5.74, 6) is -0.814. The van der Waals surface area contributed by atoms with Crippen LogP contribution in [0.15, 0.2) is 30.3 Å². The number of allylic oxidation sites excluding steroid dienone is 1. The molecule has 0 fully saturated rings. The van der Waals surface area contributed by atoms with Gasteiger partial charge in [-0.2, -0.15) is 0 Å². The van der Waals surface area contributed by atoms with Crippen molar-refractivity contribution in [3.63, 3.8) is 0 Å². The van der Waals surface area contributed by atoms with Gasteiger partial charge in [-0.05, 0) is 0 Å². The number of rotatable bonds is 4. The molecule has 2 unspecified atom stereocenters. The van der Waals surface area contributed by atoms with Gasteiger partial charge in [0.2, 0.25) is 0 Å². The first-order valence-electron chi connectivity index (χ1n) is 6.51. The van der Waals surface area contributed by atoms with E-state index in [1.807, 2.05) is 49.5 Å². The summed E-state index contributed by atoms with van der Waals surface area (Å²) < 4.78 is -1.69. The molecule has 3 N–H and O–H groups in total. The SMILES string of the molecule is C[SiH](C)[Ti]([Cl])([Cl])([CH](O)C(N)=O)[CH]1C=Cc2ccccc21. The average molecular weight is 367 g/mol. The Bertz CT molecular complexity index is 591. The molecule has 1 aliphatic rings. The topological polar surface area (TPSA) is 63.3 Å². The first-order chi connectivity index (χ1) is 9.19. The zero-order valence-electron chi connectivity index (χ0n) is 11.4. The number of fused-ring (bicyclic) bond motifs is 1. The van der Waals surface area contributed by atoms with E-state index in [1.54, 1.807) is 0 Å². The second-order valence-corrected chi connectivity index (χ2v) is 34.9. The number of nitrogens with two attached hydrogens (primary N) is 1. The van der Waals surface area contributed by atoms with Crippen LogP contribution < -0.4 is 5.73 Å². The van der Waals surface area contributed by atoms with Crippen LogP contribution in [0.3, 0.4) is 0 Å². The molecule has 1 aromatic rings. The molecule has 0 saturated heterocycles. The van der Waals surface area contributed by atoms with Crippen LogP contribution in [0.25, 0.3) is 6.08 Å². The fourth-order valence-corrected chi connectivity index (χ4v) is 18.3. The molecule has 0 saturated carbocycles. The number of primary amides is 1. The van der Waals surface area contributed by atoms with Gasteiger partial charge in [0.05, 0.1) is 0 Å². The van der Waals surface area contributed by atoms with Crippen LogP contribution >= 0.6 is 18.6 Å². The number of carbonyl (C=O) groups is 1. The van der Waals surface area contributed by atoms with Crippen molar-refractivity contribution in [2.75, 3.05) is 0 Å². The van der Waals surface area contributed by atoms with Crippen molar-refractivity contribution in [2.45, 2.75) is 21.7 Å². The van der Waals surface area contributed by atoms with E-state index in [-0.39, 0.29) is 4.22 Å². The molecule has 2 rings (SSSR count). The van der Waals surface area contributed by atoms with Gasteiger partial charge in [-0.3, -0.25) is 0 Å². The molecule has 0 aliphatic heterocycles. The normalized spacial score (nSPS) is 21.3. The van der Waals surface area contributed by atoms with Gasteiger partial charge < -0.3 is 0 Å². The van der Waals surface area contributed by atoms with E-state index in [0.29, 0.717) is 0 Å². The van der Waals surface area contributed by atoms with Crippen molar-refractivity contribution in [1.82, 2.24) is 0 Å². The first kappa shape index (κ1) is 16.3. The summed E-state index contributed by atoms with van der Waals surface area (Å²) in [7, 11) is 13.9. The standard InChI is InChI=1S/C9H7.C2H4NO2.C2H7Si.2ClH.Ti/c1-2-5-9-7-3-6-8(9)4-1;3-2(5)1-4;1-3-2;;;/h1-7H;1,4H,(H2,3,5);3H,1-2H3;2*1H;/q;;;;;+2/p-2. The van der Waals surface area contributed by atoms with Crippen LogP contribution in [0.1, 0.15) is 15.3 Å². The maximum atomic E-state index is 11.6. The molecule has 1 amide bonds. The first-order valence-corrected chi connectivity index (χ1v) is 18.2. The summed E-state index contributed by atoms with van der Waals surface area (Å²) in [6.45, 7) is 2.25. The molecule has 0 spiro atoms. The van der Waals surface area contributed by atoms with E-state index in [1.165, 1.54) is 0 Å². The van der Waals surface area contributed by atoms with E-state index in [4.69, 9.17) is 24.3 Å². The maximum absolute atomic E-state index is 11.6. The Morgan fingerprint density at radius 1 is 1.40 bits per heavy atom. The summed E-state index contributed by atoms with van der Waals surface area (Å²) in [6, 6.07) is 7.79. The average Bonchev–Trinajstić information content (AvgIpc) is 2.82. The van der Waals surface area contributed by atoms with Crippen LogP contribution in [0.2, 0.25) is 13.1 Å². The van der Waals surface area contributed by atoms with E-state index >= 15 is 0 Å². The fourth-order valence-electron chi connectivity index (χ4n) is 2.85. The molecule has 3 nitrogen and oxygen atoms in total. The molecule has 0 aromatic heterocycles. The van der Waals surface area contributed by atoms with Crippen molar-refractivity contribution in [3.05, 3.63) is 41.5 Å². The fraction of sp³-hybridized carbons (Fsp3) is 0.308. The van der Waals surface area contributed by atoms with Gasteiger partial charge in [-0.1, -0.05) is 0 Å². The Hall–Kier alpha value is -0.0988. The van der Waals surface area contributed by atoms with Gasteiger partial charge in [0.1, 0.15) is 0 Å². The molecule has 1 aromatic carbocycles. The molecule has 1 aliphatic carbocycles. The minimum atomic E-state index is -4.54. The molecule has 7 heteroatoms. The second kappa shape index (κ2) is 5.27. The third kappa shape index (κ3) is 2.23. The van der Waals surface area contributed by atoms with Crippen molar-refractivity contribution >= 4 is 37.3 Å². The van der Waals surface area contributed by atoms with Crippen LogP contribution in [-0.2, 0) is 17.2 Å². The summed E-state index contributed by atoms with van der Waals surface area (Å²) in [5.41, 5.74) is 7.36. The monoisotopic (exact) mass is 366 g/mol. The molecular formula is C13H18Cl2NO2SiTi. The summed E-state index contributed by atoms with van der Waals surface area (Å²) in [4.78, 5) is 11.6. The van der Waals surface area contributed by atoms with Gasteiger partial charge in [0.25, 0.3) is 0 Å². The predicted molar refractivity (Wildman–Crippen MR) is 84.0 cm³/mol. The third-order valence-electron chi connectivity index (χ3n) is 4.29. The third-order valence-corrected chi connectivity index (χ3v) is 38.8. The number of benzene rings is 1. The van der Waals surface area contributed by atoms with Crippen molar-refractivity contribution in [2.24, 2.45) is 5.73 Å². The molecule has 0 heterocycles. The number of hydrogen-bond donors (Lipinski definition) is 2. The van der Waals surface area contributed by atoms with Crippen molar-refractivity contribution < 1.29 is 22.3 Å². The number of aliphatic hydroxyl groups is 1. The zero-order chi connectivity index (χ0) is 15.2. The van der Waals surface area contributed by atoms with Gasteiger partial charge in [-0.25, -0.2) is 0 Å². The molecule has 20 heavy (non-hydrogen) atoms. The van der Waals surface area contributed by atoms with E-state index in [0.717, 1.165) is 11.1 Å². The summed E-state index contributed by atoms with van der Waals surface area (Å²) in [6.07, 6.45) is 3.89. The van der Waals surface area contributed by atoms with Crippen LogP contribution in [0.5, 0.6) is 0 Å². The second-order valence-electron chi connectivity index (χ2n) is 5.65. The molecule has 2 atom stereocenters. The number of hydrogen-bond acceptors (Lipinski definition) is 2. The summed E-state index contributed by atoms with van der Waals surface area (Å²) >= 11 is -4.54. The van der Waals surface area contributed by atoms with E-state index in [9.17, 15) is 9.90 Å². The number of amides is 1. The van der Waals surface area contributed by atoms with E-state index in [2.05, 4.69) is 0 Å². The predicted octanol–water partition coefficient (Wildman–Crippen LogP) is 2.54. The molecular weight excluding hydrogens is 349 g/mol. The van der Waals surface area contributed by atoms with E-state index < -0.39 is 29.4 Å². The zero-order valence-corrected chi connectivity index (χ0v) is 15.6. The summed E-state index contributed by atoms with van der Waals surface area (Å²) in [5, 5.41) is 10.4. The molecule has 109 valence electrons. The van der Waals surface area contributed by atoms with Crippen LogP contribution in [0.4, 0.5) is 0 Å². The Labute approximate surface area is 128 Å². The molecule has 0 bridgehead atoms. The van der Waals surface area contributed by atoms with Crippen LogP contribution in [-0.4, -0.2) is 22.1 Å². The Morgan fingerprint density at radius 3 is 2.55 bits per heavy atom. The Morgan fingerprint density at radius 2 is 2.00 bits per heavy atom. The molecule has 0 radical (unpaired) electrons. The Balaban J connectivity index is 2.62. The van der Waals surface area contributed by atoms with Gasteiger partial charge in [0, 0.05) is 0 Å². The van der Waals surface area contributed by atoms with Crippen molar-refractivity contribution in [1.29, 1.82) is 0 Å². The quantitative estimate of drug-likeness (QED) is 0.804. The van der Waals surface area contributed by atoms with Gasteiger partial charge in [-0.15, -0.1) is 0 Å². The van der Waals surface area contributed by atoms with Gasteiger partial charge >= 0.3 is 129 Å². The van der Waals surface area contributed by atoms with Gasteiger partial charge in [0.15, 0.2) is 0 Å². The number of carbonyl (C=O) groups excluding carboxylic acids is 1. The van der Waals surface area contributed by atoms with Crippen LogP contribution in [0, 0.1) is 0 Å². The Kier molecular flexibility index (Phi) is 4.29. The number of halogens is 2. The number of aliphatic hydroxyl groups excluding tert-OH is 1.